The van der Waals surface area contributed by atoms with Crippen molar-refractivity contribution in [2.24, 2.45) is 0 Å². The predicted molar refractivity (Wildman–Crippen MR) is 59.9 cm³/mol. The highest BCUT2D eigenvalue weighted by atomic mass is 16.6. The van der Waals surface area contributed by atoms with Crippen LogP contribution in [-0.4, -0.2) is 23.9 Å². The Morgan fingerprint density at radius 1 is 1.47 bits per heavy atom. The fourth-order valence-corrected chi connectivity index (χ4v) is 1.31. The summed E-state index contributed by atoms with van der Waals surface area (Å²) in [6.07, 6.45) is 2.45. The molecule has 0 aromatic heterocycles. The zero-order valence-electron chi connectivity index (χ0n) is 8.88. The van der Waals surface area contributed by atoms with Crippen LogP contribution in [-0.2, 0) is 6.54 Å². The van der Waals surface area contributed by atoms with Crippen LogP contribution in [0.2, 0.25) is 0 Å². The minimum Gasteiger partial charge on any atom is -0.305 e. The molecule has 0 atom stereocenters. The van der Waals surface area contributed by atoms with Gasteiger partial charge in [-0.1, -0.05) is 24.3 Å². The molecule has 0 saturated heterocycles. The molecule has 0 aliphatic carbocycles. The van der Waals surface area contributed by atoms with E-state index in [1.807, 2.05) is 38.4 Å². The zero-order chi connectivity index (χ0) is 11.3. The van der Waals surface area contributed by atoms with E-state index in [9.17, 15) is 10.1 Å². The Morgan fingerprint density at radius 3 is 2.80 bits per heavy atom. The van der Waals surface area contributed by atoms with Gasteiger partial charge in [0.25, 0.3) is 0 Å². The number of hydrogen-bond acceptors (Lipinski definition) is 3. The molecule has 0 bridgehead atoms. The van der Waals surface area contributed by atoms with Crippen LogP contribution in [0, 0.1) is 10.1 Å². The summed E-state index contributed by atoms with van der Waals surface area (Å²) in [6, 6.07) is 7.70. The largest absolute Gasteiger partial charge is 0.305 e. The van der Waals surface area contributed by atoms with Gasteiger partial charge in [-0.3, -0.25) is 10.1 Å². The normalized spacial score (nSPS) is 11.1. The van der Waals surface area contributed by atoms with Crippen molar-refractivity contribution >= 4 is 6.08 Å². The first-order valence-corrected chi connectivity index (χ1v) is 4.63. The SMILES string of the molecule is CN(C)Cc1cccc(/C=C/[N+](=O)[O-])c1. The van der Waals surface area contributed by atoms with Gasteiger partial charge in [0, 0.05) is 12.6 Å². The van der Waals surface area contributed by atoms with Crippen molar-refractivity contribution in [3.63, 3.8) is 0 Å². The summed E-state index contributed by atoms with van der Waals surface area (Å²) >= 11 is 0. The van der Waals surface area contributed by atoms with Crippen LogP contribution in [0.25, 0.3) is 6.08 Å². The average molecular weight is 206 g/mol. The van der Waals surface area contributed by atoms with Gasteiger partial charge < -0.3 is 4.90 Å². The van der Waals surface area contributed by atoms with Gasteiger partial charge in [0.1, 0.15) is 0 Å². The maximum atomic E-state index is 10.1. The Balaban J connectivity index is 2.78. The molecule has 0 aliphatic heterocycles. The standard InChI is InChI=1S/C11H14N2O2/c1-12(2)9-11-5-3-4-10(8-11)6-7-13(14)15/h3-8H,9H2,1-2H3/b7-6+. The summed E-state index contributed by atoms with van der Waals surface area (Å²) in [5.41, 5.74) is 2.00. The van der Waals surface area contributed by atoms with Gasteiger partial charge in [0.05, 0.1) is 4.92 Å². The fourth-order valence-electron chi connectivity index (χ4n) is 1.31. The number of hydrogen-bond donors (Lipinski definition) is 0. The van der Waals surface area contributed by atoms with Crippen molar-refractivity contribution in [3.8, 4) is 0 Å². The van der Waals surface area contributed by atoms with E-state index in [0.717, 1.165) is 23.9 Å². The molecule has 0 N–H and O–H groups in total. The second-order valence-electron chi connectivity index (χ2n) is 3.58. The van der Waals surface area contributed by atoms with Gasteiger partial charge in [-0.25, -0.2) is 0 Å². The molecule has 80 valence electrons. The molecular weight excluding hydrogens is 192 g/mol. The highest BCUT2D eigenvalue weighted by molar-refractivity contribution is 5.49. The Bertz CT molecular complexity index is 373. The summed E-state index contributed by atoms with van der Waals surface area (Å²) < 4.78 is 0. The number of nitro groups is 1. The summed E-state index contributed by atoms with van der Waals surface area (Å²) in [6.45, 7) is 0.833. The molecule has 4 heteroatoms. The second kappa shape index (κ2) is 5.26. The minimum atomic E-state index is -0.460. The smallest absolute Gasteiger partial charge is 0.235 e. The molecule has 0 radical (unpaired) electrons. The maximum Gasteiger partial charge on any atom is 0.235 e. The highest BCUT2D eigenvalue weighted by Gasteiger charge is 1.96. The summed E-state index contributed by atoms with van der Waals surface area (Å²) in [4.78, 5) is 11.7. The fraction of sp³-hybridized carbons (Fsp3) is 0.273. The molecule has 0 unspecified atom stereocenters. The van der Waals surface area contributed by atoms with E-state index in [1.54, 1.807) is 0 Å². The molecule has 15 heavy (non-hydrogen) atoms. The third kappa shape index (κ3) is 4.37. The second-order valence-corrected chi connectivity index (χ2v) is 3.58. The molecule has 0 heterocycles. The lowest BCUT2D eigenvalue weighted by atomic mass is 10.1. The van der Waals surface area contributed by atoms with Gasteiger partial charge in [0.2, 0.25) is 6.20 Å². The molecule has 0 saturated carbocycles. The number of nitrogens with zero attached hydrogens (tertiary/aromatic N) is 2. The van der Waals surface area contributed by atoms with Crippen LogP contribution in [0.15, 0.2) is 30.5 Å². The summed E-state index contributed by atoms with van der Waals surface area (Å²) in [5, 5.41) is 10.1. The Morgan fingerprint density at radius 2 is 2.20 bits per heavy atom. The van der Waals surface area contributed by atoms with Crippen molar-refractivity contribution < 1.29 is 4.92 Å². The van der Waals surface area contributed by atoms with E-state index in [-0.39, 0.29) is 0 Å². The molecule has 1 aromatic carbocycles. The maximum absolute atomic E-state index is 10.1. The third-order valence-electron chi connectivity index (χ3n) is 1.84. The van der Waals surface area contributed by atoms with E-state index in [4.69, 9.17) is 0 Å². The Labute approximate surface area is 89.0 Å². The van der Waals surface area contributed by atoms with Crippen LogP contribution < -0.4 is 0 Å². The lowest BCUT2D eigenvalue weighted by Crippen LogP contribution is -2.10. The number of rotatable bonds is 4. The van der Waals surface area contributed by atoms with Crippen LogP contribution in [0.3, 0.4) is 0 Å². The first-order valence-electron chi connectivity index (χ1n) is 4.63. The Hall–Kier alpha value is -1.68. The van der Waals surface area contributed by atoms with Crippen molar-refractivity contribution in [2.75, 3.05) is 14.1 Å². The minimum absolute atomic E-state index is 0.460. The third-order valence-corrected chi connectivity index (χ3v) is 1.84. The summed E-state index contributed by atoms with van der Waals surface area (Å²) in [7, 11) is 3.97. The predicted octanol–water partition coefficient (Wildman–Crippen LogP) is 2.00. The molecule has 1 aromatic rings. The molecule has 1 rings (SSSR count). The zero-order valence-corrected chi connectivity index (χ0v) is 8.88. The highest BCUT2D eigenvalue weighted by Crippen LogP contribution is 2.08. The van der Waals surface area contributed by atoms with Crippen molar-refractivity contribution in [1.82, 2.24) is 4.90 Å². The lowest BCUT2D eigenvalue weighted by molar-refractivity contribution is -0.400. The van der Waals surface area contributed by atoms with Crippen molar-refractivity contribution in [3.05, 3.63) is 51.7 Å². The van der Waals surface area contributed by atoms with Crippen LogP contribution in [0.1, 0.15) is 11.1 Å². The lowest BCUT2D eigenvalue weighted by Gasteiger charge is -2.09. The van der Waals surface area contributed by atoms with E-state index in [0.29, 0.717) is 0 Å². The first kappa shape index (κ1) is 11.4. The summed E-state index contributed by atoms with van der Waals surface area (Å²) in [5.74, 6) is 0. The molecule has 0 amide bonds. The van der Waals surface area contributed by atoms with E-state index in [2.05, 4.69) is 4.90 Å². The Kier molecular flexibility index (Phi) is 4.00. The average Bonchev–Trinajstić information content (AvgIpc) is 2.14. The molecule has 0 fully saturated rings. The van der Waals surface area contributed by atoms with Gasteiger partial charge in [-0.15, -0.1) is 0 Å². The molecule has 4 nitrogen and oxygen atoms in total. The molecule has 0 spiro atoms. The van der Waals surface area contributed by atoms with Crippen molar-refractivity contribution in [1.29, 1.82) is 0 Å². The van der Waals surface area contributed by atoms with E-state index >= 15 is 0 Å². The van der Waals surface area contributed by atoms with Crippen molar-refractivity contribution in [2.45, 2.75) is 6.54 Å². The number of benzene rings is 1. The van der Waals surface area contributed by atoms with E-state index in [1.165, 1.54) is 6.08 Å². The quantitative estimate of drug-likeness (QED) is 0.559. The van der Waals surface area contributed by atoms with E-state index < -0.39 is 4.92 Å². The molecule has 0 aliphatic rings. The first-order chi connectivity index (χ1) is 7.08. The van der Waals surface area contributed by atoms with Gasteiger partial charge in [0.15, 0.2) is 0 Å². The monoisotopic (exact) mass is 206 g/mol. The van der Waals surface area contributed by atoms with Gasteiger partial charge >= 0.3 is 0 Å². The van der Waals surface area contributed by atoms with Crippen LogP contribution in [0.4, 0.5) is 0 Å². The topological polar surface area (TPSA) is 46.4 Å². The van der Waals surface area contributed by atoms with Gasteiger partial charge in [-0.2, -0.15) is 0 Å². The van der Waals surface area contributed by atoms with Crippen LogP contribution >= 0.6 is 0 Å². The van der Waals surface area contributed by atoms with Gasteiger partial charge in [-0.05, 0) is 25.2 Å². The molecular formula is C11H14N2O2. The van der Waals surface area contributed by atoms with Crippen LogP contribution in [0.5, 0.6) is 0 Å².